The number of rotatable bonds is 1. The van der Waals surface area contributed by atoms with Crippen molar-refractivity contribution in [3.8, 4) is 0 Å². The lowest BCUT2D eigenvalue weighted by molar-refractivity contribution is -0.509. The molecule has 0 fully saturated rings. The van der Waals surface area contributed by atoms with E-state index in [2.05, 4.69) is 87.3 Å². The van der Waals surface area contributed by atoms with E-state index in [9.17, 15) is 0 Å². The summed E-state index contributed by atoms with van der Waals surface area (Å²) in [6, 6.07) is 11.1. The number of benzene rings is 1. The van der Waals surface area contributed by atoms with E-state index < -0.39 is 8.07 Å². The van der Waals surface area contributed by atoms with Crippen LogP contribution in [0.4, 0.5) is 0 Å². The first-order chi connectivity index (χ1) is 12.1. The molecule has 0 N–H and O–H groups in total. The first-order valence-electron chi connectivity index (χ1n) is 9.09. The highest BCUT2D eigenvalue weighted by atomic mass is 28.3. The summed E-state index contributed by atoms with van der Waals surface area (Å²) in [6.07, 6.45) is 6.49. The molecule has 2 heterocycles. The normalized spacial score (nSPS) is 16.0. The van der Waals surface area contributed by atoms with Gasteiger partial charge in [0.15, 0.2) is 6.20 Å². The molecule has 0 bridgehead atoms. The lowest BCUT2D eigenvalue weighted by Gasteiger charge is -2.28. The van der Waals surface area contributed by atoms with Gasteiger partial charge < -0.3 is 5.32 Å². The summed E-state index contributed by atoms with van der Waals surface area (Å²) in [5.41, 5.74) is 4.59. The van der Waals surface area contributed by atoms with Crippen molar-refractivity contribution in [3.05, 3.63) is 93.5 Å². The van der Waals surface area contributed by atoms with Gasteiger partial charge in [0, 0.05) is 16.5 Å². The first-order valence-corrected chi connectivity index (χ1v) is 12.6. The lowest BCUT2D eigenvalue weighted by atomic mass is 10.0. The van der Waals surface area contributed by atoms with Crippen LogP contribution < -0.4 is 14.6 Å². The molecule has 2 aromatic rings. The predicted octanol–water partition coefficient (Wildman–Crippen LogP) is 4.10. The van der Waals surface area contributed by atoms with Crippen molar-refractivity contribution < 1.29 is 4.24 Å². The van der Waals surface area contributed by atoms with Crippen LogP contribution in [0.25, 0.3) is 10.9 Å². The molecule has 0 radical (unpaired) electrons. The van der Waals surface area contributed by atoms with Crippen LogP contribution in [0, 0.1) is 24.2 Å². The van der Waals surface area contributed by atoms with Crippen LogP contribution in [0.3, 0.4) is 0 Å². The molecule has 0 unspecified atom stereocenters. The monoisotopic (exact) mass is 360 g/mol. The summed E-state index contributed by atoms with van der Waals surface area (Å²) in [4.78, 5) is 0. The van der Waals surface area contributed by atoms with Crippen LogP contribution >= 0.6 is 0 Å². The van der Waals surface area contributed by atoms with Crippen LogP contribution in [0.15, 0.2) is 60.1 Å². The second kappa shape index (κ2) is 6.73. The minimum Gasteiger partial charge on any atom is -0.665 e. The SMILES string of the molecule is C=[n+]1cc([Si](C)(C)C)ccc1=c1ccc(=C2C=C(C)[N-]C(C)=C2)cc1C. The number of aryl methyl sites for hydroxylation is 1. The van der Waals surface area contributed by atoms with Gasteiger partial charge in [-0.25, -0.2) is 0 Å². The highest BCUT2D eigenvalue weighted by molar-refractivity contribution is 6.88. The van der Waals surface area contributed by atoms with E-state index >= 15 is 0 Å². The van der Waals surface area contributed by atoms with E-state index in [-0.39, 0.29) is 0 Å². The molecular formula is C23H28N2Si. The lowest BCUT2D eigenvalue weighted by Crippen LogP contribution is -2.41. The highest BCUT2D eigenvalue weighted by Gasteiger charge is 2.18. The third kappa shape index (κ3) is 3.73. The minimum atomic E-state index is -1.33. The highest BCUT2D eigenvalue weighted by Crippen LogP contribution is 2.23. The Balaban J connectivity index is 2.26. The van der Waals surface area contributed by atoms with E-state index in [1.807, 2.05) is 18.1 Å². The third-order valence-corrected chi connectivity index (χ3v) is 6.84. The second-order valence-corrected chi connectivity index (χ2v) is 13.3. The molecular weight excluding hydrogens is 332 g/mol. The van der Waals surface area contributed by atoms with Crippen LogP contribution in [0.2, 0.25) is 19.6 Å². The van der Waals surface area contributed by atoms with Crippen LogP contribution in [-0.2, 0) is 0 Å². The molecule has 0 saturated heterocycles. The van der Waals surface area contributed by atoms with Crippen molar-refractivity contribution >= 4 is 18.8 Å². The molecule has 0 atom stereocenters. The summed E-state index contributed by atoms with van der Waals surface area (Å²) in [6.45, 7) is 17.6. The molecule has 134 valence electrons. The van der Waals surface area contributed by atoms with E-state index in [1.165, 1.54) is 26.8 Å². The Morgan fingerprint density at radius 2 is 1.58 bits per heavy atom. The summed E-state index contributed by atoms with van der Waals surface area (Å²) in [5, 5.41) is 9.51. The Hall–Kier alpha value is -2.39. The molecule has 0 spiro atoms. The molecule has 3 rings (SSSR count). The Morgan fingerprint density at radius 3 is 2.12 bits per heavy atom. The van der Waals surface area contributed by atoms with Crippen molar-refractivity contribution in [1.82, 2.24) is 0 Å². The van der Waals surface area contributed by atoms with E-state index in [1.54, 1.807) is 0 Å². The van der Waals surface area contributed by atoms with Gasteiger partial charge in [0.1, 0.15) is 6.72 Å². The molecule has 1 aromatic carbocycles. The molecule has 0 amide bonds. The van der Waals surface area contributed by atoms with E-state index in [0.717, 1.165) is 16.7 Å². The number of nitrogens with zero attached hydrogens (tertiary/aromatic N) is 2. The maximum Gasteiger partial charge on any atom is 0.217 e. The third-order valence-electron chi connectivity index (χ3n) is 4.81. The average Bonchev–Trinajstić information content (AvgIpc) is 2.53. The molecule has 0 saturated carbocycles. The van der Waals surface area contributed by atoms with Crippen LogP contribution in [-0.4, -0.2) is 8.07 Å². The van der Waals surface area contributed by atoms with Gasteiger partial charge in [-0.2, -0.15) is 15.6 Å². The maximum absolute atomic E-state index is 4.48. The van der Waals surface area contributed by atoms with Gasteiger partial charge in [-0.3, -0.25) is 0 Å². The number of hydrogen-bond donors (Lipinski definition) is 0. The van der Waals surface area contributed by atoms with Crippen LogP contribution in [0.1, 0.15) is 19.4 Å². The summed E-state index contributed by atoms with van der Waals surface area (Å²) in [7, 11) is -1.33. The Kier molecular flexibility index (Phi) is 4.76. The van der Waals surface area contributed by atoms with Crippen molar-refractivity contribution in [1.29, 1.82) is 0 Å². The first kappa shape index (κ1) is 18.4. The second-order valence-electron chi connectivity index (χ2n) is 8.19. The van der Waals surface area contributed by atoms with Crippen LogP contribution in [0.5, 0.6) is 0 Å². The predicted molar refractivity (Wildman–Crippen MR) is 113 cm³/mol. The van der Waals surface area contributed by atoms with Crippen molar-refractivity contribution in [2.45, 2.75) is 40.4 Å². The topological polar surface area (TPSA) is 20.0 Å². The molecule has 2 nitrogen and oxygen atoms in total. The zero-order valence-electron chi connectivity index (χ0n) is 16.7. The summed E-state index contributed by atoms with van der Waals surface area (Å²) >= 11 is 0. The van der Waals surface area contributed by atoms with E-state index in [4.69, 9.17) is 0 Å². The van der Waals surface area contributed by atoms with Crippen molar-refractivity contribution in [2.75, 3.05) is 0 Å². The average molecular weight is 361 g/mol. The van der Waals surface area contributed by atoms with Gasteiger partial charge in [0.2, 0.25) is 5.35 Å². The Bertz CT molecular complexity index is 1110. The fraction of sp³-hybridized carbons (Fsp3) is 0.261. The molecule has 3 heteroatoms. The van der Waals surface area contributed by atoms with Gasteiger partial charge in [0.05, 0.1) is 8.07 Å². The van der Waals surface area contributed by atoms with Gasteiger partial charge in [-0.1, -0.05) is 63.8 Å². The van der Waals surface area contributed by atoms with Crippen molar-refractivity contribution in [3.63, 3.8) is 0 Å². The summed E-state index contributed by atoms with van der Waals surface area (Å²) in [5.74, 6) is 0. The largest absolute Gasteiger partial charge is 0.665 e. The Labute approximate surface area is 157 Å². The number of hydrogen-bond acceptors (Lipinski definition) is 0. The smallest absolute Gasteiger partial charge is 0.217 e. The van der Waals surface area contributed by atoms with Gasteiger partial charge in [-0.15, -0.1) is 0 Å². The standard InChI is InChI=1S/C23H28N2Si/c1-16-12-19(20-13-17(2)24-18(3)14-20)8-10-22(16)23-11-9-21(15-25(23)4)26(5,6)7/h8-15H,4H2,1-3,5-7H3. The minimum absolute atomic E-state index is 1.05. The molecule has 1 aliphatic heterocycles. The zero-order valence-corrected chi connectivity index (χ0v) is 17.7. The fourth-order valence-corrected chi connectivity index (χ4v) is 4.49. The Morgan fingerprint density at radius 1 is 0.923 bits per heavy atom. The van der Waals surface area contributed by atoms with Gasteiger partial charge >= 0.3 is 0 Å². The number of aromatic nitrogens is 1. The van der Waals surface area contributed by atoms with Gasteiger partial charge in [0.25, 0.3) is 0 Å². The maximum atomic E-state index is 4.48. The quantitative estimate of drug-likeness (QED) is 0.539. The fourth-order valence-electron chi connectivity index (χ4n) is 3.36. The molecule has 26 heavy (non-hydrogen) atoms. The molecule has 0 aliphatic carbocycles. The number of pyridine rings is 1. The van der Waals surface area contributed by atoms with Gasteiger partial charge in [-0.05, 0) is 29.3 Å². The summed E-state index contributed by atoms with van der Waals surface area (Å²) < 4.78 is 2.02. The molecule has 1 aliphatic rings. The van der Waals surface area contributed by atoms with E-state index in [0.29, 0.717) is 0 Å². The van der Waals surface area contributed by atoms with Crippen molar-refractivity contribution in [2.24, 2.45) is 0 Å². The zero-order chi connectivity index (χ0) is 19.1. The molecule has 1 aromatic heterocycles. The number of allylic oxidation sites excluding steroid dienone is 4.